The van der Waals surface area contributed by atoms with Gasteiger partial charge in [-0.25, -0.2) is 8.78 Å². The maximum absolute atomic E-state index is 13.6. The molecule has 0 unspecified atom stereocenters. The Labute approximate surface area is 220 Å². The number of nitrogens with zero attached hydrogens (tertiary/aromatic N) is 3. The summed E-state index contributed by atoms with van der Waals surface area (Å²) >= 11 is 1.56. The lowest BCUT2D eigenvalue weighted by Gasteiger charge is -2.31. The Kier molecular flexibility index (Phi) is 9.76. The normalized spacial score (nSPS) is 13.9. The Morgan fingerprint density at radius 1 is 0.838 bits per heavy atom. The third-order valence-electron chi connectivity index (χ3n) is 6.30. The molecule has 6 nitrogen and oxygen atoms in total. The summed E-state index contributed by atoms with van der Waals surface area (Å²) in [5, 5.41) is 1.96. The highest BCUT2D eigenvalue weighted by atomic mass is 32.1. The number of morpholine rings is 1. The van der Waals surface area contributed by atoms with E-state index in [1.807, 2.05) is 17.5 Å². The van der Waals surface area contributed by atoms with E-state index in [1.165, 1.54) is 24.3 Å². The third-order valence-corrected chi connectivity index (χ3v) is 7.16. The SMILES string of the molecule is O=C(Cc1ccc(F)cc1)N(CCN1CCOCC1)CC(=O)N(Cc1ccc(F)cc1)Cc1cccs1. The Balaban J connectivity index is 1.48. The van der Waals surface area contributed by atoms with Crippen LogP contribution in [0.3, 0.4) is 0 Å². The van der Waals surface area contributed by atoms with E-state index in [2.05, 4.69) is 4.90 Å². The van der Waals surface area contributed by atoms with Crippen LogP contribution in [0.2, 0.25) is 0 Å². The van der Waals surface area contributed by atoms with E-state index in [1.54, 1.807) is 45.4 Å². The molecule has 9 heteroatoms. The van der Waals surface area contributed by atoms with Gasteiger partial charge in [0.2, 0.25) is 11.8 Å². The van der Waals surface area contributed by atoms with Crippen LogP contribution in [0, 0.1) is 11.6 Å². The number of ether oxygens (including phenoxy) is 1. The average molecular weight is 528 g/mol. The van der Waals surface area contributed by atoms with Crippen LogP contribution in [-0.4, -0.2) is 72.5 Å². The maximum atomic E-state index is 13.6. The van der Waals surface area contributed by atoms with Gasteiger partial charge < -0.3 is 14.5 Å². The van der Waals surface area contributed by atoms with Crippen LogP contribution in [0.5, 0.6) is 0 Å². The van der Waals surface area contributed by atoms with Crippen LogP contribution >= 0.6 is 11.3 Å². The van der Waals surface area contributed by atoms with Crippen molar-refractivity contribution in [3.8, 4) is 0 Å². The van der Waals surface area contributed by atoms with E-state index in [4.69, 9.17) is 4.74 Å². The van der Waals surface area contributed by atoms with Crippen molar-refractivity contribution < 1.29 is 23.1 Å². The summed E-state index contributed by atoms with van der Waals surface area (Å²) in [6.07, 6.45) is 0.0829. The molecule has 2 amide bonds. The second kappa shape index (κ2) is 13.4. The lowest BCUT2D eigenvalue weighted by molar-refractivity contribution is -0.141. The Morgan fingerprint density at radius 2 is 1.49 bits per heavy atom. The van der Waals surface area contributed by atoms with Crippen LogP contribution in [0.25, 0.3) is 0 Å². The molecule has 0 N–H and O–H groups in total. The highest BCUT2D eigenvalue weighted by Crippen LogP contribution is 2.16. The van der Waals surface area contributed by atoms with Crippen molar-refractivity contribution in [1.29, 1.82) is 0 Å². The minimum atomic E-state index is -0.361. The maximum Gasteiger partial charge on any atom is 0.242 e. The predicted molar refractivity (Wildman–Crippen MR) is 139 cm³/mol. The monoisotopic (exact) mass is 527 g/mol. The number of carbonyl (C=O) groups excluding carboxylic acids is 2. The average Bonchev–Trinajstić information content (AvgIpc) is 3.42. The van der Waals surface area contributed by atoms with Gasteiger partial charge in [0.05, 0.1) is 32.7 Å². The zero-order chi connectivity index (χ0) is 26.0. The van der Waals surface area contributed by atoms with Crippen LogP contribution < -0.4 is 0 Å². The molecule has 1 aliphatic rings. The molecule has 196 valence electrons. The summed E-state index contributed by atoms with van der Waals surface area (Å²) < 4.78 is 32.2. The minimum absolute atomic E-state index is 0.0725. The third kappa shape index (κ3) is 8.45. The first-order valence-electron chi connectivity index (χ1n) is 12.3. The summed E-state index contributed by atoms with van der Waals surface area (Å²) in [4.78, 5) is 33.4. The van der Waals surface area contributed by atoms with Crippen LogP contribution in [0.1, 0.15) is 16.0 Å². The molecule has 4 rings (SSSR count). The molecule has 0 aliphatic carbocycles. The van der Waals surface area contributed by atoms with E-state index in [0.717, 1.165) is 23.5 Å². The van der Waals surface area contributed by atoms with Gasteiger partial charge in [-0.1, -0.05) is 30.3 Å². The van der Waals surface area contributed by atoms with Crippen molar-refractivity contribution in [1.82, 2.24) is 14.7 Å². The second-order valence-electron chi connectivity index (χ2n) is 9.03. The lowest BCUT2D eigenvalue weighted by atomic mass is 10.1. The molecule has 37 heavy (non-hydrogen) atoms. The number of thiophene rings is 1. The summed E-state index contributed by atoms with van der Waals surface area (Å²) in [5.74, 6) is -1.07. The molecule has 1 saturated heterocycles. The number of halogens is 2. The predicted octanol–water partition coefficient (Wildman–Crippen LogP) is 3.96. The first kappa shape index (κ1) is 26.9. The molecule has 0 radical (unpaired) electrons. The fourth-order valence-electron chi connectivity index (χ4n) is 4.16. The van der Waals surface area contributed by atoms with E-state index in [9.17, 15) is 18.4 Å². The van der Waals surface area contributed by atoms with Gasteiger partial charge in [0.1, 0.15) is 11.6 Å². The van der Waals surface area contributed by atoms with Gasteiger partial charge in [-0.3, -0.25) is 14.5 Å². The van der Waals surface area contributed by atoms with Gasteiger partial charge in [-0.15, -0.1) is 11.3 Å². The standard InChI is InChI=1S/C28H31F2N3O3S/c29-24-7-3-22(4-8-24)18-27(34)32(12-11-31-13-15-36-16-14-31)21-28(35)33(20-26-2-1-17-37-26)19-23-5-9-25(30)10-6-23/h1-10,17H,11-16,18-21H2. The number of carbonyl (C=O) groups is 2. The van der Waals surface area contributed by atoms with Crippen LogP contribution in [0.15, 0.2) is 66.0 Å². The molecule has 1 aromatic heterocycles. The summed E-state index contributed by atoms with van der Waals surface area (Å²) in [7, 11) is 0. The van der Waals surface area contributed by atoms with Gasteiger partial charge >= 0.3 is 0 Å². The molecule has 0 saturated carbocycles. The van der Waals surface area contributed by atoms with Crippen LogP contribution in [-0.2, 0) is 33.8 Å². The number of hydrogen-bond acceptors (Lipinski definition) is 5. The first-order valence-corrected chi connectivity index (χ1v) is 13.2. The minimum Gasteiger partial charge on any atom is -0.379 e. The Morgan fingerprint density at radius 3 is 2.11 bits per heavy atom. The highest BCUT2D eigenvalue weighted by molar-refractivity contribution is 7.09. The highest BCUT2D eigenvalue weighted by Gasteiger charge is 2.23. The molecule has 0 bridgehead atoms. The molecule has 0 atom stereocenters. The summed E-state index contributed by atoms with van der Waals surface area (Å²) in [6, 6.07) is 15.8. The van der Waals surface area contributed by atoms with Gasteiger partial charge in [0, 0.05) is 37.6 Å². The van der Waals surface area contributed by atoms with E-state index in [0.29, 0.717) is 45.0 Å². The molecule has 2 aromatic carbocycles. The van der Waals surface area contributed by atoms with E-state index in [-0.39, 0.29) is 36.4 Å². The number of hydrogen-bond donors (Lipinski definition) is 0. The van der Waals surface area contributed by atoms with Gasteiger partial charge in [-0.05, 0) is 46.8 Å². The zero-order valence-corrected chi connectivity index (χ0v) is 21.5. The molecular weight excluding hydrogens is 496 g/mol. The summed E-state index contributed by atoms with van der Waals surface area (Å²) in [5.41, 5.74) is 1.50. The van der Waals surface area contributed by atoms with Crippen molar-refractivity contribution in [3.05, 3.63) is 93.7 Å². The van der Waals surface area contributed by atoms with Gasteiger partial charge in [0.15, 0.2) is 0 Å². The van der Waals surface area contributed by atoms with Crippen molar-refractivity contribution in [3.63, 3.8) is 0 Å². The van der Waals surface area contributed by atoms with Crippen LogP contribution in [0.4, 0.5) is 8.78 Å². The first-order chi connectivity index (χ1) is 18.0. The van der Waals surface area contributed by atoms with Crippen molar-refractivity contribution in [2.75, 3.05) is 45.9 Å². The quantitative estimate of drug-likeness (QED) is 0.379. The zero-order valence-electron chi connectivity index (χ0n) is 20.7. The molecule has 0 spiro atoms. The molecule has 2 heterocycles. The Bertz CT molecular complexity index is 1130. The number of amides is 2. The number of rotatable bonds is 11. The Hall–Kier alpha value is -3.14. The van der Waals surface area contributed by atoms with E-state index >= 15 is 0 Å². The topological polar surface area (TPSA) is 53.1 Å². The second-order valence-corrected chi connectivity index (χ2v) is 10.1. The lowest BCUT2D eigenvalue weighted by Crippen LogP contribution is -2.47. The number of benzene rings is 2. The largest absolute Gasteiger partial charge is 0.379 e. The van der Waals surface area contributed by atoms with E-state index < -0.39 is 0 Å². The smallest absolute Gasteiger partial charge is 0.242 e. The summed E-state index contributed by atoms with van der Waals surface area (Å²) in [6.45, 7) is 4.52. The van der Waals surface area contributed by atoms with Gasteiger partial charge in [-0.2, -0.15) is 0 Å². The molecule has 1 aliphatic heterocycles. The van der Waals surface area contributed by atoms with Gasteiger partial charge in [0.25, 0.3) is 0 Å². The van der Waals surface area contributed by atoms with Crippen molar-refractivity contribution in [2.24, 2.45) is 0 Å². The molecular formula is C28H31F2N3O3S. The van der Waals surface area contributed by atoms with Crippen molar-refractivity contribution in [2.45, 2.75) is 19.5 Å². The van der Waals surface area contributed by atoms with Crippen molar-refractivity contribution >= 4 is 23.2 Å². The molecule has 1 fully saturated rings. The fraction of sp³-hybridized carbons (Fsp3) is 0.357. The fourth-order valence-corrected chi connectivity index (χ4v) is 4.88. The molecule has 3 aromatic rings.